The fourth-order valence-corrected chi connectivity index (χ4v) is 2.41. The summed E-state index contributed by atoms with van der Waals surface area (Å²) in [4.78, 5) is 11.9. The highest BCUT2D eigenvalue weighted by Gasteiger charge is 2.07. The normalized spacial score (nSPS) is 10.2. The number of anilines is 1. The van der Waals surface area contributed by atoms with Crippen molar-refractivity contribution < 1.29 is 9.90 Å². The molecular formula is C16H17NO2S. The topological polar surface area (TPSA) is 49.3 Å². The van der Waals surface area contributed by atoms with Gasteiger partial charge in [0.25, 0.3) is 0 Å². The van der Waals surface area contributed by atoms with E-state index in [9.17, 15) is 4.79 Å². The molecule has 0 spiro atoms. The maximum atomic E-state index is 11.9. The average molecular weight is 287 g/mol. The van der Waals surface area contributed by atoms with Crippen molar-refractivity contribution in [1.29, 1.82) is 0 Å². The van der Waals surface area contributed by atoms with E-state index in [0.717, 1.165) is 16.8 Å². The van der Waals surface area contributed by atoms with Gasteiger partial charge in [0.15, 0.2) is 0 Å². The van der Waals surface area contributed by atoms with E-state index < -0.39 is 0 Å². The monoisotopic (exact) mass is 287 g/mol. The molecule has 4 heteroatoms. The second-order valence-electron chi connectivity index (χ2n) is 4.24. The van der Waals surface area contributed by atoms with Crippen LogP contribution < -0.4 is 5.32 Å². The summed E-state index contributed by atoms with van der Waals surface area (Å²) in [6, 6.07) is 17.7. The molecule has 0 atom stereocenters. The molecule has 0 radical (unpaired) electrons. The van der Waals surface area contributed by atoms with Gasteiger partial charge in [0, 0.05) is 17.0 Å². The van der Waals surface area contributed by atoms with E-state index in [1.807, 2.05) is 54.6 Å². The van der Waals surface area contributed by atoms with E-state index >= 15 is 0 Å². The van der Waals surface area contributed by atoms with Crippen LogP contribution in [0, 0.1) is 0 Å². The highest BCUT2D eigenvalue weighted by Crippen LogP contribution is 2.27. The quantitative estimate of drug-likeness (QED) is 0.803. The van der Waals surface area contributed by atoms with Crippen LogP contribution in [0.4, 0.5) is 5.69 Å². The van der Waals surface area contributed by atoms with Gasteiger partial charge in [0.2, 0.25) is 5.91 Å². The van der Waals surface area contributed by atoms with Gasteiger partial charge >= 0.3 is 0 Å². The summed E-state index contributed by atoms with van der Waals surface area (Å²) in [7, 11) is 0. The molecule has 2 N–H and O–H groups in total. The van der Waals surface area contributed by atoms with Crippen LogP contribution in [-0.2, 0) is 4.79 Å². The third-order valence-electron chi connectivity index (χ3n) is 2.75. The minimum atomic E-state index is -0.0492. The Kier molecular flexibility index (Phi) is 5.65. The molecule has 0 saturated carbocycles. The third-order valence-corrected chi connectivity index (χ3v) is 3.69. The van der Waals surface area contributed by atoms with Gasteiger partial charge in [-0.25, -0.2) is 0 Å². The van der Waals surface area contributed by atoms with Crippen molar-refractivity contribution in [2.75, 3.05) is 23.4 Å². The zero-order valence-corrected chi connectivity index (χ0v) is 11.9. The molecule has 3 nitrogen and oxygen atoms in total. The Hall–Kier alpha value is -1.78. The standard InChI is InChI=1S/C16H17NO2S/c18-10-11-20-12-16(19)17-15-9-5-4-8-14(15)13-6-2-1-3-7-13/h1-9,18H,10-12H2,(H,17,19). The molecule has 0 aliphatic rings. The number of para-hydroxylation sites is 1. The van der Waals surface area contributed by atoms with Crippen molar-refractivity contribution in [3.8, 4) is 11.1 Å². The zero-order chi connectivity index (χ0) is 14.2. The summed E-state index contributed by atoms with van der Waals surface area (Å²) in [6.07, 6.45) is 0. The first-order valence-corrected chi connectivity index (χ1v) is 7.59. The number of nitrogens with one attached hydrogen (secondary N) is 1. The van der Waals surface area contributed by atoms with E-state index in [-0.39, 0.29) is 12.5 Å². The number of hydrogen-bond donors (Lipinski definition) is 2. The predicted molar refractivity (Wildman–Crippen MR) is 84.9 cm³/mol. The average Bonchev–Trinajstić information content (AvgIpc) is 2.49. The van der Waals surface area contributed by atoms with Gasteiger partial charge in [0.05, 0.1) is 12.4 Å². The smallest absolute Gasteiger partial charge is 0.234 e. The highest BCUT2D eigenvalue weighted by atomic mass is 32.2. The van der Waals surface area contributed by atoms with Crippen LogP contribution in [0.5, 0.6) is 0 Å². The number of amides is 1. The Bertz CT molecular complexity index is 557. The first kappa shape index (κ1) is 14.6. The van der Waals surface area contributed by atoms with Gasteiger partial charge in [-0.2, -0.15) is 0 Å². The molecule has 0 bridgehead atoms. The second kappa shape index (κ2) is 7.72. The Labute approximate surface area is 123 Å². The number of carbonyl (C=O) groups excluding carboxylic acids is 1. The van der Waals surface area contributed by atoms with Crippen LogP contribution in [-0.4, -0.2) is 29.1 Å². The number of rotatable bonds is 6. The number of aliphatic hydroxyl groups is 1. The first-order valence-electron chi connectivity index (χ1n) is 6.44. The largest absolute Gasteiger partial charge is 0.396 e. The lowest BCUT2D eigenvalue weighted by atomic mass is 10.0. The molecule has 0 saturated heterocycles. The van der Waals surface area contributed by atoms with Crippen LogP contribution in [0.3, 0.4) is 0 Å². The zero-order valence-electron chi connectivity index (χ0n) is 11.1. The van der Waals surface area contributed by atoms with Crippen molar-refractivity contribution in [2.24, 2.45) is 0 Å². The first-order chi connectivity index (χ1) is 9.81. The van der Waals surface area contributed by atoms with Crippen LogP contribution in [0.15, 0.2) is 54.6 Å². The Balaban J connectivity index is 2.11. The van der Waals surface area contributed by atoms with E-state index in [1.165, 1.54) is 11.8 Å². The summed E-state index contributed by atoms with van der Waals surface area (Å²) in [5.41, 5.74) is 2.90. The summed E-state index contributed by atoms with van der Waals surface area (Å²) < 4.78 is 0. The van der Waals surface area contributed by atoms with Gasteiger partial charge < -0.3 is 10.4 Å². The van der Waals surface area contributed by atoms with Crippen molar-refractivity contribution >= 4 is 23.4 Å². The molecular weight excluding hydrogens is 270 g/mol. The minimum Gasteiger partial charge on any atom is -0.396 e. The number of aliphatic hydroxyl groups excluding tert-OH is 1. The Morgan fingerprint density at radius 2 is 1.75 bits per heavy atom. The fraction of sp³-hybridized carbons (Fsp3) is 0.188. The van der Waals surface area contributed by atoms with Gasteiger partial charge in [-0.3, -0.25) is 4.79 Å². The number of benzene rings is 2. The molecule has 1 amide bonds. The van der Waals surface area contributed by atoms with Crippen LogP contribution in [0.1, 0.15) is 0 Å². The summed E-state index contributed by atoms with van der Waals surface area (Å²) in [6.45, 7) is 0.0958. The number of hydrogen-bond acceptors (Lipinski definition) is 3. The van der Waals surface area contributed by atoms with Crippen molar-refractivity contribution in [1.82, 2.24) is 0 Å². The van der Waals surface area contributed by atoms with Gasteiger partial charge in [-0.15, -0.1) is 11.8 Å². The predicted octanol–water partition coefficient (Wildman–Crippen LogP) is 3.02. The molecule has 2 rings (SSSR count). The van der Waals surface area contributed by atoms with Crippen molar-refractivity contribution in [2.45, 2.75) is 0 Å². The summed E-state index contributed by atoms with van der Waals surface area (Å²) in [5, 5.41) is 11.6. The van der Waals surface area contributed by atoms with E-state index in [1.54, 1.807) is 0 Å². The van der Waals surface area contributed by atoms with Crippen molar-refractivity contribution in [3.63, 3.8) is 0 Å². The molecule has 0 heterocycles. The maximum Gasteiger partial charge on any atom is 0.234 e. The lowest BCUT2D eigenvalue weighted by Gasteiger charge is -2.11. The van der Waals surface area contributed by atoms with E-state index in [2.05, 4.69) is 5.32 Å². The van der Waals surface area contributed by atoms with Crippen LogP contribution >= 0.6 is 11.8 Å². The molecule has 0 fully saturated rings. The fourth-order valence-electron chi connectivity index (χ4n) is 1.88. The third kappa shape index (κ3) is 4.11. The molecule has 2 aromatic carbocycles. The molecule has 104 valence electrons. The van der Waals surface area contributed by atoms with Crippen LogP contribution in [0.25, 0.3) is 11.1 Å². The lowest BCUT2D eigenvalue weighted by molar-refractivity contribution is -0.113. The van der Waals surface area contributed by atoms with Crippen molar-refractivity contribution in [3.05, 3.63) is 54.6 Å². The number of thioether (sulfide) groups is 1. The molecule has 20 heavy (non-hydrogen) atoms. The molecule has 0 aliphatic carbocycles. The van der Waals surface area contributed by atoms with Gasteiger partial charge in [0.1, 0.15) is 0 Å². The Morgan fingerprint density at radius 3 is 2.50 bits per heavy atom. The van der Waals surface area contributed by atoms with E-state index in [4.69, 9.17) is 5.11 Å². The minimum absolute atomic E-state index is 0.0492. The molecule has 2 aromatic rings. The molecule has 0 unspecified atom stereocenters. The molecule has 0 aliphatic heterocycles. The van der Waals surface area contributed by atoms with Gasteiger partial charge in [-0.1, -0.05) is 48.5 Å². The SMILES string of the molecule is O=C(CSCCO)Nc1ccccc1-c1ccccc1. The lowest BCUT2D eigenvalue weighted by Crippen LogP contribution is -2.15. The highest BCUT2D eigenvalue weighted by molar-refractivity contribution is 7.99. The summed E-state index contributed by atoms with van der Waals surface area (Å²) in [5.74, 6) is 0.879. The maximum absolute atomic E-state index is 11.9. The second-order valence-corrected chi connectivity index (χ2v) is 5.34. The number of carbonyl (C=O) groups is 1. The van der Waals surface area contributed by atoms with Gasteiger partial charge in [-0.05, 0) is 11.6 Å². The van der Waals surface area contributed by atoms with Crippen LogP contribution in [0.2, 0.25) is 0 Å². The van der Waals surface area contributed by atoms with E-state index in [0.29, 0.717) is 11.5 Å². The molecule has 0 aromatic heterocycles. The summed E-state index contributed by atoms with van der Waals surface area (Å²) >= 11 is 1.42. The Morgan fingerprint density at radius 1 is 1.05 bits per heavy atom.